The summed E-state index contributed by atoms with van der Waals surface area (Å²) in [7, 11) is 0. The van der Waals surface area contributed by atoms with Gasteiger partial charge in [-0.15, -0.1) is 0 Å². The summed E-state index contributed by atoms with van der Waals surface area (Å²) in [6.45, 7) is 3.61. The van der Waals surface area contributed by atoms with E-state index in [4.69, 9.17) is 16.3 Å². The molecule has 2 fully saturated rings. The molecule has 0 radical (unpaired) electrons. The number of rotatable bonds is 2. The van der Waals surface area contributed by atoms with E-state index in [1.807, 2.05) is 6.07 Å². The van der Waals surface area contributed by atoms with Gasteiger partial charge in [-0.05, 0) is 49.5 Å². The highest BCUT2D eigenvalue weighted by Crippen LogP contribution is 2.40. The lowest BCUT2D eigenvalue weighted by Crippen LogP contribution is -2.40. The van der Waals surface area contributed by atoms with Crippen LogP contribution in [0.4, 0.5) is 10.1 Å². The van der Waals surface area contributed by atoms with Crippen molar-refractivity contribution in [3.63, 3.8) is 0 Å². The molecule has 3 aliphatic rings. The van der Waals surface area contributed by atoms with Crippen molar-refractivity contribution < 1.29 is 9.13 Å². The first-order chi connectivity index (χ1) is 10.7. The van der Waals surface area contributed by atoms with Gasteiger partial charge in [-0.3, -0.25) is 10.0 Å². The molecular formula is C17H20ClFN2O. The van der Waals surface area contributed by atoms with Crippen LogP contribution in [-0.4, -0.2) is 31.3 Å². The smallest absolute Gasteiger partial charge is 0.141 e. The van der Waals surface area contributed by atoms with E-state index in [0.29, 0.717) is 5.92 Å². The summed E-state index contributed by atoms with van der Waals surface area (Å²) < 4.78 is 19.0. The second-order valence-electron chi connectivity index (χ2n) is 6.27. The van der Waals surface area contributed by atoms with Crippen LogP contribution >= 0.6 is 11.6 Å². The quantitative estimate of drug-likeness (QED) is 0.819. The summed E-state index contributed by atoms with van der Waals surface area (Å²) in [6, 6.07) is 5.01. The highest BCUT2D eigenvalue weighted by molar-refractivity contribution is 6.31. The number of ether oxygens (including phenoxy) is 1. The Bertz CT molecular complexity index is 613. The topological polar surface area (TPSA) is 15.7 Å². The van der Waals surface area contributed by atoms with Gasteiger partial charge in [0.15, 0.2) is 0 Å². The van der Waals surface area contributed by atoms with Crippen molar-refractivity contribution in [2.24, 2.45) is 5.92 Å². The van der Waals surface area contributed by atoms with Crippen molar-refractivity contribution in [1.82, 2.24) is 5.01 Å². The third-order valence-corrected chi connectivity index (χ3v) is 5.24. The first kappa shape index (κ1) is 14.3. The molecule has 4 rings (SSSR count). The molecule has 22 heavy (non-hydrogen) atoms. The van der Waals surface area contributed by atoms with Gasteiger partial charge in [0.2, 0.25) is 0 Å². The van der Waals surface area contributed by atoms with Crippen molar-refractivity contribution in [2.45, 2.75) is 25.7 Å². The standard InChI is InChI=1S/C17H20ClFN2O/c18-15-9-13(4-5-16(15)19)21-10-14(12-6-8-22-11-12)17-3-1-2-7-20(17)21/h4-5,9,12H,1-3,6-8,10-11H2. The van der Waals surface area contributed by atoms with Crippen LogP contribution in [0.2, 0.25) is 5.02 Å². The Kier molecular flexibility index (Phi) is 3.74. The van der Waals surface area contributed by atoms with E-state index in [0.717, 1.165) is 44.8 Å². The molecule has 1 atom stereocenters. The number of hydrazine groups is 1. The van der Waals surface area contributed by atoms with E-state index in [9.17, 15) is 4.39 Å². The fourth-order valence-corrected chi connectivity index (χ4v) is 3.97. The lowest BCUT2D eigenvalue weighted by atomic mass is 9.94. The summed E-state index contributed by atoms with van der Waals surface area (Å²) in [6.07, 6.45) is 4.70. The number of anilines is 1. The third-order valence-electron chi connectivity index (χ3n) is 4.95. The van der Waals surface area contributed by atoms with Crippen LogP contribution in [0.25, 0.3) is 0 Å². The predicted molar refractivity (Wildman–Crippen MR) is 85.3 cm³/mol. The monoisotopic (exact) mass is 322 g/mol. The molecule has 0 amide bonds. The summed E-state index contributed by atoms with van der Waals surface area (Å²) in [5, 5.41) is 4.82. The highest BCUT2D eigenvalue weighted by Gasteiger charge is 2.36. The largest absolute Gasteiger partial charge is 0.381 e. The zero-order chi connectivity index (χ0) is 15.1. The number of hydrogen-bond donors (Lipinski definition) is 0. The molecule has 0 saturated carbocycles. The van der Waals surface area contributed by atoms with Crippen molar-refractivity contribution in [1.29, 1.82) is 0 Å². The van der Waals surface area contributed by atoms with Crippen LogP contribution in [0.3, 0.4) is 0 Å². The molecule has 0 spiro atoms. The SMILES string of the molecule is Fc1ccc(N2CC(C3CCOC3)=C3CCCCN32)cc1Cl. The number of benzene rings is 1. The molecule has 3 aliphatic heterocycles. The predicted octanol–water partition coefficient (Wildman–Crippen LogP) is 3.99. The van der Waals surface area contributed by atoms with Gasteiger partial charge in [-0.1, -0.05) is 11.6 Å². The zero-order valence-electron chi connectivity index (χ0n) is 12.5. The molecule has 0 N–H and O–H groups in total. The number of fused-ring (bicyclic) bond motifs is 1. The molecule has 0 bridgehead atoms. The number of piperidine rings is 1. The van der Waals surface area contributed by atoms with E-state index in [2.05, 4.69) is 10.0 Å². The van der Waals surface area contributed by atoms with Gasteiger partial charge < -0.3 is 4.74 Å². The van der Waals surface area contributed by atoms with Crippen LogP contribution in [0.5, 0.6) is 0 Å². The van der Waals surface area contributed by atoms with Gasteiger partial charge >= 0.3 is 0 Å². The minimum atomic E-state index is -0.360. The van der Waals surface area contributed by atoms with Gasteiger partial charge in [0, 0.05) is 24.8 Å². The van der Waals surface area contributed by atoms with Crippen LogP contribution in [0.1, 0.15) is 25.7 Å². The molecule has 118 valence electrons. The highest BCUT2D eigenvalue weighted by atomic mass is 35.5. The van der Waals surface area contributed by atoms with Gasteiger partial charge in [-0.2, -0.15) is 0 Å². The van der Waals surface area contributed by atoms with E-state index >= 15 is 0 Å². The van der Waals surface area contributed by atoms with Crippen molar-refractivity contribution in [3.8, 4) is 0 Å². The second-order valence-corrected chi connectivity index (χ2v) is 6.68. The summed E-state index contributed by atoms with van der Waals surface area (Å²) in [4.78, 5) is 0. The normalized spacial score (nSPS) is 25.1. The summed E-state index contributed by atoms with van der Waals surface area (Å²) in [5.74, 6) is 0.178. The molecule has 3 heterocycles. The fraction of sp³-hybridized carbons (Fsp3) is 0.529. The Balaban J connectivity index is 1.66. The van der Waals surface area contributed by atoms with Crippen molar-refractivity contribution in [2.75, 3.05) is 31.3 Å². The van der Waals surface area contributed by atoms with E-state index < -0.39 is 0 Å². The first-order valence-electron chi connectivity index (χ1n) is 8.04. The fourth-order valence-electron chi connectivity index (χ4n) is 3.80. The summed E-state index contributed by atoms with van der Waals surface area (Å²) >= 11 is 5.98. The van der Waals surface area contributed by atoms with E-state index in [-0.39, 0.29) is 10.8 Å². The van der Waals surface area contributed by atoms with E-state index in [1.165, 1.54) is 30.2 Å². The lowest BCUT2D eigenvalue weighted by molar-refractivity contribution is 0.190. The minimum absolute atomic E-state index is 0.189. The van der Waals surface area contributed by atoms with Crippen molar-refractivity contribution >= 4 is 17.3 Å². The van der Waals surface area contributed by atoms with Crippen LogP contribution in [0, 0.1) is 11.7 Å². The Morgan fingerprint density at radius 1 is 1.23 bits per heavy atom. The zero-order valence-corrected chi connectivity index (χ0v) is 13.3. The van der Waals surface area contributed by atoms with Crippen molar-refractivity contribution in [3.05, 3.63) is 40.3 Å². The average Bonchev–Trinajstić information content (AvgIpc) is 3.17. The summed E-state index contributed by atoms with van der Waals surface area (Å²) in [5.41, 5.74) is 3.94. The molecule has 0 aromatic heterocycles. The van der Waals surface area contributed by atoms with Gasteiger partial charge in [0.05, 0.1) is 23.9 Å². The maximum absolute atomic E-state index is 13.5. The van der Waals surface area contributed by atoms with Gasteiger partial charge in [0.25, 0.3) is 0 Å². The molecule has 3 nitrogen and oxygen atoms in total. The molecule has 0 aliphatic carbocycles. The van der Waals surface area contributed by atoms with Crippen LogP contribution in [-0.2, 0) is 4.74 Å². The second kappa shape index (κ2) is 5.74. The third kappa shape index (κ3) is 2.38. The Morgan fingerprint density at radius 3 is 2.91 bits per heavy atom. The Morgan fingerprint density at radius 2 is 2.14 bits per heavy atom. The molecule has 1 aromatic carbocycles. The Hall–Kier alpha value is -1.26. The van der Waals surface area contributed by atoms with E-state index in [1.54, 1.807) is 6.07 Å². The lowest BCUT2D eigenvalue weighted by Gasteiger charge is -2.36. The number of halogens is 2. The molecule has 5 heteroatoms. The first-order valence-corrected chi connectivity index (χ1v) is 8.41. The molecule has 1 unspecified atom stereocenters. The minimum Gasteiger partial charge on any atom is -0.381 e. The van der Waals surface area contributed by atoms with Crippen LogP contribution in [0.15, 0.2) is 29.5 Å². The molecular weight excluding hydrogens is 303 g/mol. The number of nitrogens with zero attached hydrogens (tertiary/aromatic N) is 2. The average molecular weight is 323 g/mol. The maximum atomic E-state index is 13.5. The number of allylic oxidation sites excluding steroid dienone is 1. The van der Waals surface area contributed by atoms with Gasteiger partial charge in [-0.25, -0.2) is 4.39 Å². The Labute approximate surface area is 135 Å². The number of hydrogen-bond acceptors (Lipinski definition) is 3. The van der Waals surface area contributed by atoms with Gasteiger partial charge in [0.1, 0.15) is 5.82 Å². The molecule has 2 saturated heterocycles. The maximum Gasteiger partial charge on any atom is 0.141 e. The van der Waals surface area contributed by atoms with Crippen LogP contribution < -0.4 is 5.01 Å². The molecule has 1 aromatic rings.